The zero-order valence-electron chi connectivity index (χ0n) is 13.5. The predicted molar refractivity (Wildman–Crippen MR) is 101 cm³/mol. The second kappa shape index (κ2) is 7.12. The van der Waals surface area contributed by atoms with Gasteiger partial charge >= 0.3 is 0 Å². The molecular weight excluding hydrogens is 375 g/mol. The molecule has 26 heavy (non-hydrogen) atoms. The van der Waals surface area contributed by atoms with E-state index < -0.39 is 5.56 Å². The van der Waals surface area contributed by atoms with E-state index in [-0.39, 0.29) is 17.1 Å². The maximum absolute atomic E-state index is 12.4. The molecule has 0 fully saturated rings. The van der Waals surface area contributed by atoms with Gasteiger partial charge in [0.25, 0.3) is 5.56 Å². The van der Waals surface area contributed by atoms with Crippen LogP contribution in [-0.2, 0) is 0 Å². The fourth-order valence-electron chi connectivity index (χ4n) is 2.56. The molecule has 2 N–H and O–H groups in total. The monoisotopic (exact) mass is 386 g/mol. The number of phenols is 1. The molecule has 7 heteroatoms. The van der Waals surface area contributed by atoms with Gasteiger partial charge in [0.05, 0.1) is 17.2 Å². The zero-order valence-corrected chi connectivity index (χ0v) is 15.0. The lowest BCUT2D eigenvalue weighted by Gasteiger charge is -2.11. The highest BCUT2D eigenvalue weighted by Gasteiger charge is 2.15. The molecule has 3 rings (SSSR count). The van der Waals surface area contributed by atoms with Crippen molar-refractivity contribution in [2.24, 2.45) is 0 Å². The van der Waals surface area contributed by atoms with Gasteiger partial charge in [-0.2, -0.15) is 5.26 Å². The molecule has 0 aliphatic carbocycles. The average molecular weight is 387 g/mol. The maximum atomic E-state index is 12.4. The minimum atomic E-state index is -0.530. The molecule has 0 saturated heterocycles. The molecule has 130 valence electrons. The summed E-state index contributed by atoms with van der Waals surface area (Å²) < 4.78 is 5.10. The van der Waals surface area contributed by atoms with Crippen LogP contribution in [0.15, 0.2) is 47.3 Å². The number of benzene rings is 2. The van der Waals surface area contributed by atoms with E-state index in [0.717, 1.165) is 0 Å². The Morgan fingerprint density at radius 3 is 2.46 bits per heavy atom. The molecule has 1 aromatic heterocycles. The lowest BCUT2D eigenvalue weighted by Crippen LogP contribution is -2.12. The minimum absolute atomic E-state index is 0.0377. The molecule has 0 radical (unpaired) electrons. The molecule has 0 aliphatic heterocycles. The Hall–Kier alpha value is -2.94. The summed E-state index contributed by atoms with van der Waals surface area (Å²) >= 11 is 12.0. The summed E-state index contributed by atoms with van der Waals surface area (Å²) in [7, 11) is 1.42. The third kappa shape index (κ3) is 3.25. The van der Waals surface area contributed by atoms with Crippen LogP contribution in [-0.4, -0.2) is 17.2 Å². The number of pyridine rings is 1. The number of aromatic hydroxyl groups is 1. The van der Waals surface area contributed by atoms with Gasteiger partial charge in [0.15, 0.2) is 11.5 Å². The van der Waals surface area contributed by atoms with Gasteiger partial charge in [-0.05, 0) is 41.5 Å². The first-order valence-corrected chi connectivity index (χ1v) is 8.20. The topological polar surface area (TPSA) is 86.1 Å². The molecular formula is C19H12Cl2N2O3. The summed E-state index contributed by atoms with van der Waals surface area (Å²) in [5.41, 5.74) is 1.53. The normalized spacial score (nSPS) is 10.4. The van der Waals surface area contributed by atoms with Crippen LogP contribution in [0, 0.1) is 11.3 Å². The van der Waals surface area contributed by atoms with Crippen molar-refractivity contribution in [3.8, 4) is 40.0 Å². The Labute approximate surface area is 159 Å². The smallest absolute Gasteiger partial charge is 0.266 e. The van der Waals surface area contributed by atoms with Crippen LogP contribution in [0.2, 0.25) is 10.0 Å². The van der Waals surface area contributed by atoms with Gasteiger partial charge in [0, 0.05) is 11.3 Å². The Kier molecular flexibility index (Phi) is 4.90. The van der Waals surface area contributed by atoms with Crippen molar-refractivity contribution in [2.45, 2.75) is 0 Å². The quantitative estimate of drug-likeness (QED) is 0.688. The summed E-state index contributed by atoms with van der Waals surface area (Å²) in [5.74, 6) is 0.201. The summed E-state index contributed by atoms with van der Waals surface area (Å²) in [6, 6.07) is 13.2. The molecule has 0 saturated carbocycles. The summed E-state index contributed by atoms with van der Waals surface area (Å²) in [5, 5.41) is 19.9. The van der Waals surface area contributed by atoms with E-state index in [2.05, 4.69) is 4.98 Å². The first-order valence-electron chi connectivity index (χ1n) is 7.45. The van der Waals surface area contributed by atoms with Gasteiger partial charge in [0.1, 0.15) is 11.6 Å². The standard InChI is InChI=1S/C19H12Cl2N2O3/c1-26-18-7-10(3-5-17(18)24)12-8-16(23-19(25)13(12)9-22)11-2-4-14(20)15(21)6-11/h2-8,24H,1H3,(H,23,25). The highest BCUT2D eigenvalue weighted by Crippen LogP contribution is 2.34. The summed E-state index contributed by atoms with van der Waals surface area (Å²) in [4.78, 5) is 15.1. The molecule has 5 nitrogen and oxygen atoms in total. The van der Waals surface area contributed by atoms with E-state index in [1.807, 2.05) is 6.07 Å². The van der Waals surface area contributed by atoms with Crippen LogP contribution in [0.1, 0.15) is 5.56 Å². The minimum Gasteiger partial charge on any atom is -0.504 e. The van der Waals surface area contributed by atoms with Crippen LogP contribution < -0.4 is 10.3 Å². The number of nitriles is 1. The number of ether oxygens (including phenoxy) is 1. The third-order valence-corrected chi connectivity index (χ3v) is 4.61. The number of hydrogen-bond donors (Lipinski definition) is 2. The number of nitrogens with one attached hydrogen (secondary N) is 1. The number of methoxy groups -OCH3 is 1. The number of hydrogen-bond acceptors (Lipinski definition) is 4. The van der Waals surface area contributed by atoms with Crippen molar-refractivity contribution in [1.29, 1.82) is 5.26 Å². The van der Waals surface area contributed by atoms with Crippen molar-refractivity contribution in [3.05, 3.63) is 68.4 Å². The van der Waals surface area contributed by atoms with Crippen LogP contribution in [0.4, 0.5) is 0 Å². The second-order valence-corrected chi connectivity index (χ2v) is 6.24. The molecule has 0 spiro atoms. The van der Waals surface area contributed by atoms with Gasteiger partial charge in [-0.3, -0.25) is 4.79 Å². The average Bonchev–Trinajstić information content (AvgIpc) is 2.63. The lowest BCUT2D eigenvalue weighted by atomic mass is 9.98. The highest BCUT2D eigenvalue weighted by molar-refractivity contribution is 6.42. The van der Waals surface area contributed by atoms with Crippen molar-refractivity contribution in [1.82, 2.24) is 4.98 Å². The van der Waals surface area contributed by atoms with E-state index >= 15 is 0 Å². The summed E-state index contributed by atoms with van der Waals surface area (Å²) in [6.45, 7) is 0. The van der Waals surface area contributed by atoms with Gasteiger partial charge in [-0.25, -0.2) is 0 Å². The van der Waals surface area contributed by atoms with E-state index in [0.29, 0.717) is 32.4 Å². The van der Waals surface area contributed by atoms with Gasteiger partial charge < -0.3 is 14.8 Å². The van der Waals surface area contributed by atoms with E-state index in [4.69, 9.17) is 27.9 Å². The third-order valence-electron chi connectivity index (χ3n) is 3.87. The Morgan fingerprint density at radius 2 is 1.81 bits per heavy atom. The molecule has 0 aliphatic rings. The predicted octanol–water partition coefficient (Wildman–Crippen LogP) is 4.60. The van der Waals surface area contributed by atoms with Crippen LogP contribution >= 0.6 is 23.2 Å². The van der Waals surface area contributed by atoms with E-state index in [9.17, 15) is 15.2 Å². The molecule has 0 atom stereocenters. The van der Waals surface area contributed by atoms with E-state index in [1.165, 1.54) is 13.2 Å². The van der Waals surface area contributed by atoms with Crippen molar-refractivity contribution in [3.63, 3.8) is 0 Å². The Morgan fingerprint density at radius 1 is 1.08 bits per heavy atom. The molecule has 0 amide bonds. The number of aromatic amines is 1. The van der Waals surface area contributed by atoms with Crippen LogP contribution in [0.3, 0.4) is 0 Å². The lowest BCUT2D eigenvalue weighted by molar-refractivity contribution is 0.373. The zero-order chi connectivity index (χ0) is 18.8. The maximum Gasteiger partial charge on any atom is 0.266 e. The number of halogens is 2. The number of nitrogens with zero attached hydrogens (tertiary/aromatic N) is 1. The van der Waals surface area contributed by atoms with Crippen molar-refractivity contribution >= 4 is 23.2 Å². The van der Waals surface area contributed by atoms with Crippen LogP contribution in [0.5, 0.6) is 11.5 Å². The Bertz CT molecular complexity index is 1100. The second-order valence-electron chi connectivity index (χ2n) is 5.43. The number of rotatable bonds is 3. The number of phenolic OH excluding ortho intramolecular Hbond substituents is 1. The first-order chi connectivity index (χ1) is 12.4. The molecule has 2 aromatic carbocycles. The van der Waals surface area contributed by atoms with E-state index in [1.54, 1.807) is 36.4 Å². The molecule has 3 aromatic rings. The first kappa shape index (κ1) is 17.9. The van der Waals surface area contributed by atoms with Gasteiger partial charge in [-0.15, -0.1) is 0 Å². The molecule has 1 heterocycles. The number of H-pyrrole nitrogens is 1. The summed E-state index contributed by atoms with van der Waals surface area (Å²) in [6.07, 6.45) is 0. The van der Waals surface area contributed by atoms with Gasteiger partial charge in [0.2, 0.25) is 0 Å². The van der Waals surface area contributed by atoms with Crippen molar-refractivity contribution < 1.29 is 9.84 Å². The largest absolute Gasteiger partial charge is 0.504 e. The number of aromatic nitrogens is 1. The van der Waals surface area contributed by atoms with Crippen molar-refractivity contribution in [2.75, 3.05) is 7.11 Å². The molecule has 0 bridgehead atoms. The van der Waals surface area contributed by atoms with Crippen LogP contribution in [0.25, 0.3) is 22.4 Å². The SMILES string of the molecule is COc1cc(-c2cc(-c3ccc(Cl)c(Cl)c3)[nH]c(=O)c2C#N)ccc1O. The highest BCUT2D eigenvalue weighted by atomic mass is 35.5. The Balaban J connectivity index is 2.25. The van der Waals surface area contributed by atoms with Gasteiger partial charge in [-0.1, -0.05) is 35.3 Å². The fraction of sp³-hybridized carbons (Fsp3) is 0.0526. The fourth-order valence-corrected chi connectivity index (χ4v) is 2.86. The molecule has 0 unspecified atom stereocenters.